The second-order valence-electron chi connectivity index (χ2n) is 4.10. The number of aromatic nitrogens is 1. The van der Waals surface area contributed by atoms with E-state index in [0.717, 1.165) is 14.9 Å². The zero-order valence-electron chi connectivity index (χ0n) is 10.7. The number of hydrogen-bond acceptors (Lipinski definition) is 3. The number of anilines is 1. The van der Waals surface area contributed by atoms with Gasteiger partial charge in [0.05, 0.1) is 7.11 Å². The highest BCUT2D eigenvalue weighted by Crippen LogP contribution is 2.20. The monoisotopic (exact) mass is 372 g/mol. The fourth-order valence-corrected chi connectivity index (χ4v) is 1.99. The fraction of sp³-hybridized carbons (Fsp3) is 0.214. The summed E-state index contributed by atoms with van der Waals surface area (Å²) in [6.07, 6.45) is 1.66. The molecule has 0 saturated carbocycles. The van der Waals surface area contributed by atoms with E-state index in [0.29, 0.717) is 12.1 Å². The number of rotatable bonds is 4. The second-order valence-corrected chi connectivity index (χ2v) is 5.26. The van der Waals surface area contributed by atoms with Crippen molar-refractivity contribution in [3.8, 4) is 5.75 Å². The Kier molecular flexibility index (Phi) is 4.57. The summed E-state index contributed by atoms with van der Waals surface area (Å²) in [4.78, 5) is 4.07. The molecule has 1 heterocycles. The molecule has 0 atom stereocenters. The van der Waals surface area contributed by atoms with Crippen LogP contribution in [-0.4, -0.2) is 12.1 Å². The van der Waals surface area contributed by atoms with Crippen molar-refractivity contribution in [1.82, 2.24) is 4.98 Å². The van der Waals surface area contributed by atoms with Crippen molar-refractivity contribution < 1.29 is 9.13 Å². The molecule has 1 N–H and O–H groups in total. The minimum atomic E-state index is -0.291. The van der Waals surface area contributed by atoms with Crippen molar-refractivity contribution in [2.75, 3.05) is 12.4 Å². The second kappa shape index (κ2) is 6.18. The van der Waals surface area contributed by atoms with Crippen molar-refractivity contribution in [3.05, 3.63) is 51.0 Å². The highest BCUT2D eigenvalue weighted by molar-refractivity contribution is 14.1. The zero-order valence-corrected chi connectivity index (χ0v) is 12.9. The van der Waals surface area contributed by atoms with E-state index in [2.05, 4.69) is 32.9 Å². The van der Waals surface area contributed by atoms with Crippen LogP contribution < -0.4 is 10.1 Å². The lowest BCUT2D eigenvalue weighted by Gasteiger charge is -2.09. The maximum atomic E-state index is 13.9. The number of methoxy groups -OCH3 is 1. The third-order valence-electron chi connectivity index (χ3n) is 2.82. The van der Waals surface area contributed by atoms with Crippen molar-refractivity contribution >= 4 is 28.4 Å². The first-order valence-electron chi connectivity index (χ1n) is 5.79. The molecule has 19 heavy (non-hydrogen) atoms. The van der Waals surface area contributed by atoms with Gasteiger partial charge in [-0.1, -0.05) is 12.1 Å². The van der Waals surface area contributed by atoms with Crippen LogP contribution in [0.2, 0.25) is 0 Å². The number of benzene rings is 1. The van der Waals surface area contributed by atoms with E-state index in [4.69, 9.17) is 4.74 Å². The maximum Gasteiger partial charge on any atom is 0.169 e. The molecule has 0 aliphatic rings. The lowest BCUT2D eigenvalue weighted by Crippen LogP contribution is -2.05. The Morgan fingerprint density at radius 3 is 2.63 bits per heavy atom. The molecule has 2 aromatic rings. The first-order chi connectivity index (χ1) is 9.11. The molecular formula is C14H14FIN2O. The number of nitrogens with zero attached hydrogens (tertiary/aromatic N) is 1. The summed E-state index contributed by atoms with van der Waals surface area (Å²) >= 11 is 2.07. The quantitative estimate of drug-likeness (QED) is 0.831. The minimum absolute atomic E-state index is 0.286. The van der Waals surface area contributed by atoms with Crippen LogP contribution in [0.5, 0.6) is 5.75 Å². The fourth-order valence-electron chi connectivity index (χ4n) is 1.61. The van der Waals surface area contributed by atoms with E-state index >= 15 is 0 Å². The molecule has 0 aliphatic heterocycles. The van der Waals surface area contributed by atoms with Gasteiger partial charge in [-0.05, 0) is 47.2 Å². The van der Waals surface area contributed by atoms with Crippen LogP contribution in [0.3, 0.4) is 0 Å². The van der Waals surface area contributed by atoms with E-state index < -0.39 is 0 Å². The third kappa shape index (κ3) is 3.34. The third-order valence-corrected chi connectivity index (χ3v) is 3.91. The molecule has 0 bridgehead atoms. The van der Waals surface area contributed by atoms with Gasteiger partial charge in [0, 0.05) is 21.9 Å². The largest absolute Gasteiger partial charge is 0.497 e. The Hall–Kier alpha value is -1.37. The predicted octanol–water partition coefficient (Wildman–Crippen LogP) is 3.75. The highest BCUT2D eigenvalue weighted by Gasteiger charge is 2.09. The number of halogens is 2. The topological polar surface area (TPSA) is 34.1 Å². The van der Waals surface area contributed by atoms with Crippen molar-refractivity contribution in [3.63, 3.8) is 0 Å². The Morgan fingerprint density at radius 2 is 2.00 bits per heavy atom. The van der Waals surface area contributed by atoms with Crippen LogP contribution in [0.15, 0.2) is 30.5 Å². The summed E-state index contributed by atoms with van der Waals surface area (Å²) in [5.41, 5.74) is 1.66. The highest BCUT2D eigenvalue weighted by atomic mass is 127. The predicted molar refractivity (Wildman–Crippen MR) is 82.0 cm³/mol. The number of pyridine rings is 1. The first kappa shape index (κ1) is 14.0. The van der Waals surface area contributed by atoms with Gasteiger partial charge in [0.2, 0.25) is 0 Å². The van der Waals surface area contributed by atoms with Gasteiger partial charge >= 0.3 is 0 Å². The summed E-state index contributed by atoms with van der Waals surface area (Å²) in [5.74, 6) is 0.798. The number of hydrogen-bond donors (Lipinski definition) is 1. The lowest BCUT2D eigenvalue weighted by atomic mass is 10.2. The van der Waals surface area contributed by atoms with Crippen LogP contribution in [0.25, 0.3) is 0 Å². The van der Waals surface area contributed by atoms with E-state index in [1.165, 1.54) is 0 Å². The summed E-state index contributed by atoms with van der Waals surface area (Å²) in [6, 6.07) is 7.62. The SMILES string of the molecule is COc1ccc(CNc2ncc(I)c(C)c2F)cc1. The standard InChI is InChI=1S/C14H14FIN2O/c1-9-12(16)8-18-14(13(9)15)17-7-10-3-5-11(19-2)6-4-10/h3-6,8H,7H2,1-2H3,(H,17,18). The van der Waals surface area contributed by atoms with Crippen molar-refractivity contribution in [2.24, 2.45) is 0 Å². The summed E-state index contributed by atoms with van der Waals surface area (Å²) < 4.78 is 19.8. The van der Waals surface area contributed by atoms with Crippen molar-refractivity contribution in [2.45, 2.75) is 13.5 Å². The molecule has 1 aromatic heterocycles. The molecule has 0 aliphatic carbocycles. The Morgan fingerprint density at radius 1 is 1.32 bits per heavy atom. The van der Waals surface area contributed by atoms with Crippen LogP contribution in [0.1, 0.15) is 11.1 Å². The molecule has 0 radical (unpaired) electrons. The zero-order chi connectivity index (χ0) is 13.8. The molecule has 0 saturated heterocycles. The van der Waals surface area contributed by atoms with Gasteiger partial charge in [-0.3, -0.25) is 0 Å². The minimum Gasteiger partial charge on any atom is -0.497 e. The van der Waals surface area contributed by atoms with Gasteiger partial charge < -0.3 is 10.1 Å². The summed E-state index contributed by atoms with van der Waals surface area (Å²) in [5, 5.41) is 3.00. The van der Waals surface area contributed by atoms with Crippen molar-refractivity contribution in [1.29, 1.82) is 0 Å². The van der Waals surface area contributed by atoms with Crippen LogP contribution in [-0.2, 0) is 6.54 Å². The molecule has 0 unspecified atom stereocenters. The van der Waals surface area contributed by atoms with Gasteiger partial charge in [-0.15, -0.1) is 0 Å². The molecule has 2 rings (SSSR count). The molecule has 100 valence electrons. The number of ether oxygens (including phenoxy) is 1. The molecule has 0 spiro atoms. The van der Waals surface area contributed by atoms with Gasteiger partial charge in [0.15, 0.2) is 11.6 Å². The van der Waals surface area contributed by atoms with E-state index in [-0.39, 0.29) is 11.6 Å². The van der Waals surface area contributed by atoms with Gasteiger partial charge in [-0.2, -0.15) is 0 Å². The lowest BCUT2D eigenvalue weighted by molar-refractivity contribution is 0.414. The first-order valence-corrected chi connectivity index (χ1v) is 6.87. The van der Waals surface area contributed by atoms with Crippen LogP contribution in [0.4, 0.5) is 10.2 Å². The molecule has 3 nitrogen and oxygen atoms in total. The Bertz CT molecular complexity index is 572. The Balaban J connectivity index is 2.08. The molecule has 0 fully saturated rings. The van der Waals surface area contributed by atoms with Gasteiger partial charge in [0.25, 0.3) is 0 Å². The van der Waals surface area contributed by atoms with Gasteiger partial charge in [-0.25, -0.2) is 9.37 Å². The van der Waals surface area contributed by atoms with E-state index in [1.807, 2.05) is 24.3 Å². The van der Waals surface area contributed by atoms with Gasteiger partial charge in [0.1, 0.15) is 5.75 Å². The molecule has 5 heteroatoms. The average molecular weight is 372 g/mol. The average Bonchev–Trinajstić information content (AvgIpc) is 2.45. The summed E-state index contributed by atoms with van der Waals surface area (Å²) in [6.45, 7) is 2.27. The smallest absolute Gasteiger partial charge is 0.169 e. The normalized spacial score (nSPS) is 10.3. The summed E-state index contributed by atoms with van der Waals surface area (Å²) in [7, 11) is 1.63. The van der Waals surface area contributed by atoms with E-state index in [9.17, 15) is 4.39 Å². The van der Waals surface area contributed by atoms with Crippen LogP contribution in [0, 0.1) is 16.3 Å². The van der Waals surface area contributed by atoms with E-state index in [1.54, 1.807) is 20.2 Å². The molecule has 0 amide bonds. The maximum absolute atomic E-state index is 13.9. The Labute approximate surface area is 125 Å². The molecular weight excluding hydrogens is 358 g/mol. The number of nitrogens with one attached hydrogen (secondary N) is 1. The molecule has 1 aromatic carbocycles. The van der Waals surface area contributed by atoms with Crippen LogP contribution >= 0.6 is 22.6 Å².